The fraction of sp³-hybridized carbons (Fsp3) is 0.417. The van der Waals surface area contributed by atoms with E-state index in [4.69, 9.17) is 5.11 Å². The van der Waals surface area contributed by atoms with E-state index < -0.39 is 17.8 Å². The molecule has 1 aliphatic carbocycles. The summed E-state index contributed by atoms with van der Waals surface area (Å²) in [7, 11) is 0. The van der Waals surface area contributed by atoms with E-state index >= 15 is 0 Å². The second-order valence-electron chi connectivity index (χ2n) is 4.18. The molecule has 16 heavy (non-hydrogen) atoms. The van der Waals surface area contributed by atoms with Crippen LogP contribution >= 0.6 is 0 Å². The first-order valence-corrected chi connectivity index (χ1v) is 5.15. The number of carbonyl (C=O) groups is 1. The zero-order chi connectivity index (χ0) is 11.8. The van der Waals surface area contributed by atoms with Crippen molar-refractivity contribution in [1.29, 1.82) is 0 Å². The largest absolute Gasteiger partial charge is 0.481 e. The van der Waals surface area contributed by atoms with Crippen LogP contribution in [0.4, 0.5) is 8.78 Å². The van der Waals surface area contributed by atoms with Gasteiger partial charge in [-0.25, -0.2) is 8.78 Å². The molecular weight excluding hydrogens is 214 g/mol. The van der Waals surface area contributed by atoms with Gasteiger partial charge in [0, 0.05) is 6.42 Å². The molecule has 0 heterocycles. The Balaban J connectivity index is 2.17. The molecule has 0 saturated heterocycles. The number of aliphatic carboxylic acids is 1. The van der Waals surface area contributed by atoms with Crippen molar-refractivity contribution in [1.82, 2.24) is 0 Å². The molecule has 1 saturated carbocycles. The third-order valence-electron chi connectivity index (χ3n) is 3.06. The van der Waals surface area contributed by atoms with Gasteiger partial charge < -0.3 is 5.11 Å². The van der Waals surface area contributed by atoms with Crippen molar-refractivity contribution in [2.75, 3.05) is 0 Å². The van der Waals surface area contributed by atoms with E-state index in [0.29, 0.717) is 18.4 Å². The fourth-order valence-corrected chi connectivity index (χ4v) is 1.89. The van der Waals surface area contributed by atoms with Gasteiger partial charge in [-0.15, -0.1) is 0 Å². The summed E-state index contributed by atoms with van der Waals surface area (Å²) < 4.78 is 24.2. The van der Waals surface area contributed by atoms with E-state index in [2.05, 4.69) is 0 Å². The predicted octanol–water partition coefficient (Wildman–Crippen LogP) is 2.61. The molecule has 1 aromatic carbocycles. The first kappa shape index (κ1) is 11.0. The maximum atomic E-state index is 12.1. The first-order chi connectivity index (χ1) is 7.54. The van der Waals surface area contributed by atoms with Gasteiger partial charge in [-0.05, 0) is 24.0 Å². The van der Waals surface area contributed by atoms with E-state index in [0.717, 1.165) is 5.56 Å². The lowest BCUT2D eigenvalue weighted by atomic mass is 9.95. The molecule has 0 aliphatic heterocycles. The highest BCUT2D eigenvalue weighted by atomic mass is 19.3. The second kappa shape index (κ2) is 3.85. The molecule has 1 fully saturated rings. The molecule has 4 heteroatoms. The van der Waals surface area contributed by atoms with Gasteiger partial charge >= 0.3 is 5.97 Å². The van der Waals surface area contributed by atoms with E-state index in [1.165, 1.54) is 0 Å². The lowest BCUT2D eigenvalue weighted by molar-refractivity contribution is -0.140. The number of halogens is 2. The van der Waals surface area contributed by atoms with Crippen LogP contribution in [0.3, 0.4) is 0 Å². The molecule has 0 atom stereocenters. The van der Waals surface area contributed by atoms with E-state index in [9.17, 15) is 13.6 Å². The third-order valence-corrected chi connectivity index (χ3v) is 3.06. The van der Waals surface area contributed by atoms with Crippen molar-refractivity contribution in [3.8, 4) is 0 Å². The van der Waals surface area contributed by atoms with Crippen LogP contribution in [0.25, 0.3) is 0 Å². The van der Waals surface area contributed by atoms with Crippen LogP contribution in [0, 0.1) is 0 Å². The number of carboxylic acids is 1. The molecule has 2 nitrogen and oxygen atoms in total. The summed E-state index contributed by atoms with van der Waals surface area (Å²) >= 11 is 0. The topological polar surface area (TPSA) is 37.3 Å². The Labute approximate surface area is 91.9 Å². The molecule has 0 amide bonds. The van der Waals surface area contributed by atoms with Crippen LogP contribution in [-0.2, 0) is 16.6 Å². The fourth-order valence-electron chi connectivity index (χ4n) is 1.89. The van der Waals surface area contributed by atoms with Crippen molar-refractivity contribution >= 4 is 5.97 Å². The van der Waals surface area contributed by atoms with Crippen LogP contribution in [-0.4, -0.2) is 17.5 Å². The standard InChI is InChI=1S/C12H12F2O2/c13-10(14)7-8-1-3-9(4-2-8)12(5-6-12)11(15)16/h1-4,10H,5-7H2,(H,15,16). The minimum Gasteiger partial charge on any atom is -0.481 e. The summed E-state index contributed by atoms with van der Waals surface area (Å²) in [5.74, 6) is -0.825. The Morgan fingerprint density at radius 2 is 1.88 bits per heavy atom. The van der Waals surface area contributed by atoms with Gasteiger partial charge in [0.1, 0.15) is 0 Å². The van der Waals surface area contributed by atoms with Gasteiger partial charge in [0.25, 0.3) is 0 Å². The Hall–Kier alpha value is -1.45. The third kappa shape index (κ3) is 1.92. The molecular formula is C12H12F2O2. The van der Waals surface area contributed by atoms with Gasteiger partial charge in [-0.1, -0.05) is 24.3 Å². The van der Waals surface area contributed by atoms with Gasteiger partial charge in [0.15, 0.2) is 0 Å². The normalized spacial score (nSPS) is 17.4. The highest BCUT2D eigenvalue weighted by molar-refractivity contribution is 5.84. The van der Waals surface area contributed by atoms with Crippen LogP contribution in [0.1, 0.15) is 24.0 Å². The van der Waals surface area contributed by atoms with E-state index in [1.54, 1.807) is 24.3 Å². The summed E-state index contributed by atoms with van der Waals surface area (Å²) in [5.41, 5.74) is 0.515. The van der Waals surface area contributed by atoms with Gasteiger partial charge in [0.05, 0.1) is 5.41 Å². The highest BCUT2D eigenvalue weighted by Gasteiger charge is 2.51. The molecule has 86 valence electrons. The number of alkyl halides is 2. The lowest BCUT2D eigenvalue weighted by Gasteiger charge is -2.10. The molecule has 2 rings (SSSR count). The van der Waals surface area contributed by atoms with Crippen LogP contribution in [0.15, 0.2) is 24.3 Å². The van der Waals surface area contributed by atoms with Crippen LogP contribution < -0.4 is 0 Å². The number of carboxylic acid groups (broad SMARTS) is 1. The maximum Gasteiger partial charge on any atom is 0.314 e. The quantitative estimate of drug-likeness (QED) is 0.856. The molecule has 0 radical (unpaired) electrons. The molecule has 1 N–H and O–H groups in total. The van der Waals surface area contributed by atoms with Gasteiger partial charge in [0.2, 0.25) is 6.43 Å². The SMILES string of the molecule is O=C(O)C1(c2ccc(CC(F)F)cc2)CC1. The summed E-state index contributed by atoms with van der Waals surface area (Å²) in [6.07, 6.45) is -1.37. The first-order valence-electron chi connectivity index (χ1n) is 5.15. The Kier molecular flexibility index (Phi) is 2.66. The van der Waals surface area contributed by atoms with Gasteiger partial charge in [-0.2, -0.15) is 0 Å². The van der Waals surface area contributed by atoms with Crippen LogP contribution in [0.5, 0.6) is 0 Å². The van der Waals surface area contributed by atoms with Crippen molar-refractivity contribution in [2.24, 2.45) is 0 Å². The summed E-state index contributed by atoms with van der Waals surface area (Å²) in [5, 5.41) is 9.05. The molecule has 0 spiro atoms. The summed E-state index contributed by atoms with van der Waals surface area (Å²) in [4.78, 5) is 11.0. The zero-order valence-corrected chi connectivity index (χ0v) is 8.62. The summed E-state index contributed by atoms with van der Waals surface area (Å²) in [6.45, 7) is 0. The molecule has 0 bridgehead atoms. The lowest BCUT2D eigenvalue weighted by Crippen LogP contribution is -2.19. The summed E-state index contributed by atoms with van der Waals surface area (Å²) in [6, 6.07) is 6.48. The predicted molar refractivity (Wildman–Crippen MR) is 54.7 cm³/mol. The smallest absolute Gasteiger partial charge is 0.314 e. The molecule has 0 aromatic heterocycles. The second-order valence-corrected chi connectivity index (χ2v) is 4.18. The molecule has 1 aromatic rings. The van der Waals surface area contributed by atoms with Gasteiger partial charge in [-0.3, -0.25) is 4.79 Å². The van der Waals surface area contributed by atoms with Crippen molar-refractivity contribution < 1.29 is 18.7 Å². The van der Waals surface area contributed by atoms with Crippen molar-refractivity contribution in [3.63, 3.8) is 0 Å². The Morgan fingerprint density at radius 1 is 1.31 bits per heavy atom. The average Bonchev–Trinajstić information content (AvgIpc) is 2.98. The Bertz CT molecular complexity index is 394. The molecule has 1 aliphatic rings. The minimum atomic E-state index is -2.36. The van der Waals surface area contributed by atoms with E-state index in [-0.39, 0.29) is 6.42 Å². The van der Waals surface area contributed by atoms with Crippen molar-refractivity contribution in [3.05, 3.63) is 35.4 Å². The maximum absolute atomic E-state index is 12.1. The zero-order valence-electron chi connectivity index (χ0n) is 8.62. The number of hydrogen-bond donors (Lipinski definition) is 1. The molecule has 0 unspecified atom stereocenters. The highest BCUT2D eigenvalue weighted by Crippen LogP contribution is 2.48. The minimum absolute atomic E-state index is 0.277. The van der Waals surface area contributed by atoms with E-state index in [1.807, 2.05) is 0 Å². The number of hydrogen-bond acceptors (Lipinski definition) is 1. The van der Waals surface area contributed by atoms with Crippen molar-refractivity contribution in [2.45, 2.75) is 31.1 Å². The average molecular weight is 226 g/mol. The number of rotatable bonds is 4. The van der Waals surface area contributed by atoms with Crippen LogP contribution in [0.2, 0.25) is 0 Å². The monoisotopic (exact) mass is 226 g/mol. The number of benzene rings is 1. The Morgan fingerprint density at radius 3 is 2.25 bits per heavy atom.